The highest BCUT2D eigenvalue weighted by Gasteiger charge is 2.10. The Kier molecular flexibility index (Phi) is 6.66. The van der Waals surface area contributed by atoms with Gasteiger partial charge in [0.25, 0.3) is 0 Å². The van der Waals surface area contributed by atoms with Gasteiger partial charge in [-0.2, -0.15) is 0 Å². The minimum Gasteiger partial charge on any atom is -0.489 e. The molecule has 1 amide bonds. The van der Waals surface area contributed by atoms with E-state index in [2.05, 4.69) is 5.32 Å². The van der Waals surface area contributed by atoms with Crippen molar-refractivity contribution in [3.8, 4) is 5.75 Å². The highest BCUT2D eigenvalue weighted by Crippen LogP contribution is 2.21. The number of carbonyl (C=O) groups excluding carboxylic acids is 1. The summed E-state index contributed by atoms with van der Waals surface area (Å²) in [4.78, 5) is 23.3. The maximum Gasteiger partial charge on any atom is 0.337 e. The fourth-order valence-corrected chi connectivity index (χ4v) is 2.77. The smallest absolute Gasteiger partial charge is 0.337 e. The van der Waals surface area contributed by atoms with E-state index in [4.69, 9.17) is 21.4 Å². The van der Waals surface area contributed by atoms with E-state index in [0.29, 0.717) is 18.0 Å². The highest BCUT2D eigenvalue weighted by molar-refractivity contribution is 6.33. The molecular weight excluding hydrogens is 390 g/mol. The number of benzene rings is 3. The van der Waals surface area contributed by atoms with Gasteiger partial charge in [-0.1, -0.05) is 54.1 Å². The molecule has 3 aromatic rings. The number of amides is 1. The predicted molar refractivity (Wildman–Crippen MR) is 113 cm³/mol. The molecule has 0 saturated carbocycles. The second kappa shape index (κ2) is 9.57. The van der Waals surface area contributed by atoms with Crippen molar-refractivity contribution in [2.45, 2.75) is 6.61 Å². The van der Waals surface area contributed by atoms with Gasteiger partial charge in [-0.15, -0.1) is 0 Å². The number of hydrogen-bond donors (Lipinski definition) is 2. The third kappa shape index (κ3) is 5.96. The lowest BCUT2D eigenvalue weighted by atomic mass is 10.2. The van der Waals surface area contributed by atoms with E-state index in [-0.39, 0.29) is 16.5 Å². The van der Waals surface area contributed by atoms with E-state index in [1.807, 2.05) is 54.6 Å². The van der Waals surface area contributed by atoms with Crippen LogP contribution in [-0.2, 0) is 11.4 Å². The van der Waals surface area contributed by atoms with Gasteiger partial charge in [-0.3, -0.25) is 4.79 Å². The SMILES string of the molecule is O=C(/C=C/c1cccc(OCc2ccccc2)c1)Nc1ccc(Cl)c(C(=O)O)c1. The first-order valence-corrected chi connectivity index (χ1v) is 9.18. The van der Waals surface area contributed by atoms with Crippen molar-refractivity contribution >= 4 is 35.2 Å². The van der Waals surface area contributed by atoms with E-state index < -0.39 is 5.97 Å². The lowest BCUT2D eigenvalue weighted by molar-refractivity contribution is -0.111. The number of ether oxygens (including phenoxy) is 1. The summed E-state index contributed by atoms with van der Waals surface area (Å²) in [6.45, 7) is 0.455. The summed E-state index contributed by atoms with van der Waals surface area (Å²) in [6, 6.07) is 21.5. The third-order valence-corrected chi connectivity index (χ3v) is 4.33. The van der Waals surface area contributed by atoms with Gasteiger partial charge in [0, 0.05) is 11.8 Å². The zero-order valence-corrected chi connectivity index (χ0v) is 16.1. The van der Waals surface area contributed by atoms with Crippen LogP contribution in [0.4, 0.5) is 5.69 Å². The molecule has 3 rings (SSSR count). The summed E-state index contributed by atoms with van der Waals surface area (Å²) in [5, 5.41) is 11.8. The second-order valence-electron chi connectivity index (χ2n) is 6.17. The zero-order valence-electron chi connectivity index (χ0n) is 15.3. The number of carboxylic acid groups (broad SMARTS) is 1. The molecule has 146 valence electrons. The maximum atomic E-state index is 12.1. The fourth-order valence-electron chi connectivity index (χ4n) is 2.57. The Morgan fingerprint density at radius 1 is 1.00 bits per heavy atom. The van der Waals surface area contributed by atoms with Gasteiger partial charge in [0.15, 0.2) is 0 Å². The summed E-state index contributed by atoms with van der Waals surface area (Å²) >= 11 is 5.83. The molecule has 0 spiro atoms. The van der Waals surface area contributed by atoms with Gasteiger partial charge in [0.2, 0.25) is 5.91 Å². The van der Waals surface area contributed by atoms with Crippen LogP contribution in [0.15, 0.2) is 78.9 Å². The van der Waals surface area contributed by atoms with Crippen LogP contribution in [0.2, 0.25) is 5.02 Å². The average Bonchev–Trinajstić information content (AvgIpc) is 2.73. The molecule has 0 radical (unpaired) electrons. The number of nitrogens with one attached hydrogen (secondary N) is 1. The molecular formula is C23H18ClNO4. The lowest BCUT2D eigenvalue weighted by Gasteiger charge is -2.07. The molecule has 0 unspecified atom stereocenters. The standard InChI is InChI=1S/C23H18ClNO4/c24-21-11-10-18(14-20(21)23(27)28)25-22(26)12-9-16-7-4-8-19(13-16)29-15-17-5-2-1-3-6-17/h1-14H,15H2,(H,25,26)(H,27,28)/b12-9+. The van der Waals surface area contributed by atoms with Crippen molar-refractivity contribution in [3.63, 3.8) is 0 Å². The van der Waals surface area contributed by atoms with Crippen LogP contribution in [0.25, 0.3) is 6.08 Å². The number of carbonyl (C=O) groups is 2. The molecule has 0 atom stereocenters. The van der Waals surface area contributed by atoms with E-state index in [0.717, 1.165) is 11.1 Å². The molecule has 2 N–H and O–H groups in total. The van der Waals surface area contributed by atoms with E-state index >= 15 is 0 Å². The van der Waals surface area contributed by atoms with Crippen molar-refractivity contribution in [1.82, 2.24) is 0 Å². The molecule has 0 aliphatic carbocycles. The Labute approximate surface area is 173 Å². The Morgan fingerprint density at radius 3 is 2.55 bits per heavy atom. The summed E-state index contributed by atoms with van der Waals surface area (Å²) in [7, 11) is 0. The van der Waals surface area contributed by atoms with Crippen LogP contribution in [0.1, 0.15) is 21.5 Å². The molecule has 0 aliphatic rings. The molecule has 3 aromatic carbocycles. The monoisotopic (exact) mass is 407 g/mol. The first-order chi connectivity index (χ1) is 14.0. The van der Waals surface area contributed by atoms with Gasteiger partial charge < -0.3 is 15.2 Å². The minimum absolute atomic E-state index is 0.0725. The summed E-state index contributed by atoms with van der Waals surface area (Å²) < 4.78 is 5.78. The quantitative estimate of drug-likeness (QED) is 0.523. The van der Waals surface area contributed by atoms with Crippen molar-refractivity contribution < 1.29 is 19.4 Å². The maximum absolute atomic E-state index is 12.1. The molecule has 0 aliphatic heterocycles. The van der Waals surface area contributed by atoms with Gasteiger partial charge in [-0.25, -0.2) is 4.79 Å². The lowest BCUT2D eigenvalue weighted by Crippen LogP contribution is -2.09. The first kappa shape index (κ1) is 20.2. The van der Waals surface area contributed by atoms with Crippen LogP contribution >= 0.6 is 11.6 Å². The highest BCUT2D eigenvalue weighted by atomic mass is 35.5. The predicted octanol–water partition coefficient (Wildman–Crippen LogP) is 5.27. The zero-order chi connectivity index (χ0) is 20.6. The number of anilines is 1. The van der Waals surface area contributed by atoms with Gasteiger partial charge in [0.05, 0.1) is 10.6 Å². The molecule has 0 saturated heterocycles. The molecule has 6 heteroatoms. The van der Waals surface area contributed by atoms with Crippen LogP contribution < -0.4 is 10.1 Å². The summed E-state index contributed by atoms with van der Waals surface area (Å²) in [5.74, 6) is -0.853. The number of aromatic carboxylic acids is 1. The Bertz CT molecular complexity index is 1050. The van der Waals surface area contributed by atoms with Crippen LogP contribution in [0.3, 0.4) is 0 Å². The fraction of sp³-hybridized carbons (Fsp3) is 0.0435. The number of hydrogen-bond acceptors (Lipinski definition) is 3. The molecule has 0 bridgehead atoms. The van der Waals surface area contributed by atoms with Crippen LogP contribution in [0, 0.1) is 0 Å². The van der Waals surface area contributed by atoms with Crippen molar-refractivity contribution in [2.75, 3.05) is 5.32 Å². The number of rotatable bonds is 7. The number of halogens is 1. The van der Waals surface area contributed by atoms with Crippen LogP contribution in [-0.4, -0.2) is 17.0 Å². The summed E-state index contributed by atoms with van der Waals surface area (Å²) in [6.07, 6.45) is 3.02. The van der Waals surface area contributed by atoms with Crippen molar-refractivity contribution in [1.29, 1.82) is 0 Å². The van der Waals surface area contributed by atoms with E-state index in [9.17, 15) is 9.59 Å². The molecule has 0 fully saturated rings. The molecule has 5 nitrogen and oxygen atoms in total. The molecule has 0 heterocycles. The third-order valence-electron chi connectivity index (χ3n) is 4.00. The van der Waals surface area contributed by atoms with Crippen LogP contribution in [0.5, 0.6) is 5.75 Å². The average molecular weight is 408 g/mol. The Morgan fingerprint density at radius 2 is 1.79 bits per heavy atom. The van der Waals surface area contributed by atoms with Gasteiger partial charge in [0.1, 0.15) is 12.4 Å². The topological polar surface area (TPSA) is 75.6 Å². The normalized spacial score (nSPS) is 10.7. The minimum atomic E-state index is -1.16. The Hall–Kier alpha value is -3.57. The molecule has 29 heavy (non-hydrogen) atoms. The number of carboxylic acids is 1. The van der Waals surface area contributed by atoms with Gasteiger partial charge in [-0.05, 0) is 47.5 Å². The Balaban J connectivity index is 1.61. The van der Waals surface area contributed by atoms with Gasteiger partial charge >= 0.3 is 5.97 Å². The van der Waals surface area contributed by atoms with E-state index in [1.165, 1.54) is 18.2 Å². The largest absolute Gasteiger partial charge is 0.489 e. The summed E-state index contributed by atoms with van der Waals surface area (Å²) in [5.41, 5.74) is 2.14. The van der Waals surface area contributed by atoms with Crippen molar-refractivity contribution in [2.24, 2.45) is 0 Å². The van der Waals surface area contributed by atoms with E-state index in [1.54, 1.807) is 12.1 Å². The first-order valence-electron chi connectivity index (χ1n) is 8.80. The molecule has 0 aromatic heterocycles. The second-order valence-corrected chi connectivity index (χ2v) is 6.58. The van der Waals surface area contributed by atoms with Crippen molar-refractivity contribution in [3.05, 3.63) is 101 Å².